The van der Waals surface area contributed by atoms with Gasteiger partial charge in [-0.3, -0.25) is 4.68 Å². The maximum Gasteiger partial charge on any atom is 0.333 e. The molecule has 0 radical (unpaired) electrons. The first kappa shape index (κ1) is 23.8. The molecule has 2 heterocycles. The van der Waals surface area contributed by atoms with E-state index < -0.39 is 17.6 Å². The van der Waals surface area contributed by atoms with Crippen LogP contribution in [0.2, 0.25) is 5.02 Å². The van der Waals surface area contributed by atoms with E-state index in [4.69, 9.17) is 16.3 Å². The molecule has 0 saturated heterocycles. The molecule has 0 aliphatic rings. The van der Waals surface area contributed by atoms with Crippen LogP contribution < -0.4 is 4.74 Å². The first-order valence-electron chi connectivity index (χ1n) is 11.0. The van der Waals surface area contributed by atoms with E-state index in [1.54, 1.807) is 50.4 Å². The molecule has 0 unspecified atom stereocenters. The molecular weight excluding hydrogens is 493 g/mol. The Morgan fingerprint density at radius 3 is 2.50 bits per heavy atom. The highest BCUT2D eigenvalue weighted by atomic mass is 35.5. The Balaban J connectivity index is 1.51. The Morgan fingerprint density at radius 1 is 1.00 bits per heavy atom. The Labute approximate surface area is 209 Å². The highest BCUT2D eigenvalue weighted by Crippen LogP contribution is 2.36. The predicted octanol–water partition coefficient (Wildman–Crippen LogP) is 5.37. The lowest BCUT2D eigenvalue weighted by atomic mass is 10.0. The van der Waals surface area contributed by atoms with Gasteiger partial charge in [0.05, 0.1) is 31.4 Å². The number of rotatable bonds is 7. The van der Waals surface area contributed by atoms with Crippen LogP contribution in [0.1, 0.15) is 28.2 Å². The fraction of sp³-hybridized carbons (Fsp3) is 0.200. The second-order valence-corrected chi connectivity index (χ2v) is 8.67. The summed E-state index contributed by atoms with van der Waals surface area (Å²) in [5.41, 5.74) is 1.67. The standard InChI is InChI=1S/C25H20ClF3N6O/c1-15-19-11-8-17(12-23(19)34(31-15)14-20-21(26)4-3-5-22(20)27)25(28,29)24-30-32-33-35(24)13-16-6-9-18(36-2)10-7-16/h3-12H,13-14H2,1-2H3. The number of fused-ring (bicyclic) bond motifs is 1. The van der Waals surface area contributed by atoms with Crippen molar-refractivity contribution in [3.63, 3.8) is 0 Å². The van der Waals surface area contributed by atoms with E-state index >= 15 is 8.78 Å². The second-order valence-electron chi connectivity index (χ2n) is 8.26. The van der Waals surface area contributed by atoms with Gasteiger partial charge in [0.15, 0.2) is 0 Å². The minimum Gasteiger partial charge on any atom is -0.497 e. The van der Waals surface area contributed by atoms with E-state index in [2.05, 4.69) is 20.6 Å². The molecule has 0 N–H and O–H groups in total. The van der Waals surface area contributed by atoms with E-state index in [9.17, 15) is 4.39 Å². The Bertz CT molecular complexity index is 1530. The summed E-state index contributed by atoms with van der Waals surface area (Å²) < 4.78 is 53.5. The number of aromatic nitrogens is 6. The average Bonchev–Trinajstić information content (AvgIpc) is 3.46. The minimum atomic E-state index is -3.51. The molecule has 0 amide bonds. The number of hydrogen-bond donors (Lipinski definition) is 0. The molecule has 5 aromatic rings. The van der Waals surface area contributed by atoms with Crippen molar-refractivity contribution in [1.29, 1.82) is 0 Å². The van der Waals surface area contributed by atoms with Gasteiger partial charge in [-0.25, -0.2) is 9.07 Å². The molecule has 2 aromatic heterocycles. The summed E-state index contributed by atoms with van der Waals surface area (Å²) in [7, 11) is 1.55. The zero-order chi connectivity index (χ0) is 25.4. The quantitative estimate of drug-likeness (QED) is 0.293. The molecule has 184 valence electrons. The number of alkyl halides is 2. The van der Waals surface area contributed by atoms with Gasteiger partial charge in [-0.2, -0.15) is 13.9 Å². The fourth-order valence-corrected chi connectivity index (χ4v) is 4.28. The van der Waals surface area contributed by atoms with Crippen molar-refractivity contribution in [2.24, 2.45) is 0 Å². The van der Waals surface area contributed by atoms with Gasteiger partial charge in [0.2, 0.25) is 5.82 Å². The van der Waals surface area contributed by atoms with Gasteiger partial charge < -0.3 is 4.74 Å². The second kappa shape index (κ2) is 9.27. The van der Waals surface area contributed by atoms with Crippen LogP contribution in [0.5, 0.6) is 5.75 Å². The van der Waals surface area contributed by atoms with Crippen LogP contribution in [0, 0.1) is 12.7 Å². The number of benzene rings is 3. The monoisotopic (exact) mass is 512 g/mol. The number of methoxy groups -OCH3 is 1. The molecule has 0 bridgehead atoms. The maximum absolute atomic E-state index is 15.7. The van der Waals surface area contributed by atoms with Crippen molar-refractivity contribution >= 4 is 22.5 Å². The van der Waals surface area contributed by atoms with Crippen molar-refractivity contribution in [3.8, 4) is 5.75 Å². The Hall–Kier alpha value is -3.92. The molecule has 36 heavy (non-hydrogen) atoms. The number of hydrogen-bond acceptors (Lipinski definition) is 5. The molecule has 0 aliphatic carbocycles. The van der Waals surface area contributed by atoms with Gasteiger partial charge in [-0.15, -0.1) is 5.10 Å². The summed E-state index contributed by atoms with van der Waals surface area (Å²) in [5.74, 6) is -3.96. The molecule has 0 spiro atoms. The minimum absolute atomic E-state index is 0.0138. The number of ether oxygens (including phenoxy) is 1. The van der Waals surface area contributed by atoms with E-state index in [0.717, 1.165) is 10.2 Å². The Morgan fingerprint density at radius 2 is 1.78 bits per heavy atom. The van der Waals surface area contributed by atoms with Crippen LogP contribution in [0.15, 0.2) is 60.7 Å². The van der Waals surface area contributed by atoms with E-state index in [0.29, 0.717) is 22.3 Å². The number of nitrogens with zero attached hydrogens (tertiary/aromatic N) is 6. The summed E-state index contributed by atoms with van der Waals surface area (Å²) in [6.07, 6.45) is 0. The van der Waals surface area contributed by atoms with Gasteiger partial charge in [0, 0.05) is 21.5 Å². The molecule has 5 rings (SSSR count). The molecule has 11 heteroatoms. The summed E-state index contributed by atoms with van der Waals surface area (Å²) >= 11 is 6.18. The van der Waals surface area contributed by atoms with E-state index in [1.165, 1.54) is 28.9 Å². The fourth-order valence-electron chi connectivity index (χ4n) is 4.06. The highest BCUT2D eigenvalue weighted by molar-refractivity contribution is 6.31. The van der Waals surface area contributed by atoms with Crippen molar-refractivity contribution in [2.45, 2.75) is 25.9 Å². The lowest BCUT2D eigenvalue weighted by molar-refractivity contribution is 0.0281. The third-order valence-electron chi connectivity index (χ3n) is 5.97. The summed E-state index contributed by atoms with van der Waals surface area (Å²) in [6, 6.07) is 15.6. The molecule has 3 aromatic carbocycles. The highest BCUT2D eigenvalue weighted by Gasteiger charge is 2.40. The zero-order valence-electron chi connectivity index (χ0n) is 19.3. The molecule has 0 aliphatic heterocycles. The third kappa shape index (κ3) is 4.28. The summed E-state index contributed by atoms with van der Waals surface area (Å²) in [6.45, 7) is 1.79. The van der Waals surface area contributed by atoms with Crippen molar-refractivity contribution in [3.05, 3.63) is 99.7 Å². The lowest BCUT2D eigenvalue weighted by Gasteiger charge is -2.17. The molecule has 0 atom stereocenters. The smallest absolute Gasteiger partial charge is 0.333 e. The molecule has 7 nitrogen and oxygen atoms in total. The van der Waals surface area contributed by atoms with Gasteiger partial charge in [0.25, 0.3) is 0 Å². The SMILES string of the molecule is COc1ccc(Cn2nnnc2C(F)(F)c2ccc3c(C)nn(Cc4c(F)cccc4Cl)c3c2)cc1. The van der Waals surface area contributed by atoms with Crippen LogP contribution >= 0.6 is 11.6 Å². The largest absolute Gasteiger partial charge is 0.497 e. The van der Waals surface area contributed by atoms with Crippen LogP contribution in [0.25, 0.3) is 10.9 Å². The van der Waals surface area contributed by atoms with Gasteiger partial charge in [-0.05, 0) is 53.2 Å². The lowest BCUT2D eigenvalue weighted by Crippen LogP contribution is -2.23. The predicted molar refractivity (Wildman–Crippen MR) is 128 cm³/mol. The van der Waals surface area contributed by atoms with Crippen molar-refractivity contribution < 1.29 is 17.9 Å². The first-order valence-corrected chi connectivity index (χ1v) is 11.3. The first-order chi connectivity index (χ1) is 17.3. The van der Waals surface area contributed by atoms with E-state index in [1.807, 2.05) is 0 Å². The normalized spacial score (nSPS) is 11.8. The summed E-state index contributed by atoms with van der Waals surface area (Å²) in [4.78, 5) is 0. The molecule has 0 fully saturated rings. The average molecular weight is 513 g/mol. The molecular formula is C25H20ClF3N6O. The van der Waals surface area contributed by atoms with Gasteiger partial charge in [0.1, 0.15) is 11.6 Å². The van der Waals surface area contributed by atoms with Crippen LogP contribution in [0.4, 0.5) is 13.2 Å². The van der Waals surface area contributed by atoms with Crippen LogP contribution in [-0.2, 0) is 19.0 Å². The van der Waals surface area contributed by atoms with Gasteiger partial charge in [-0.1, -0.05) is 41.9 Å². The Kier molecular flexibility index (Phi) is 6.13. The molecule has 0 saturated carbocycles. The van der Waals surface area contributed by atoms with Gasteiger partial charge >= 0.3 is 5.92 Å². The van der Waals surface area contributed by atoms with E-state index in [-0.39, 0.29) is 29.2 Å². The number of aryl methyl sites for hydroxylation is 1. The maximum atomic E-state index is 15.7. The number of tetrazole rings is 1. The zero-order valence-corrected chi connectivity index (χ0v) is 20.0. The van der Waals surface area contributed by atoms with Crippen LogP contribution in [-0.4, -0.2) is 37.1 Å². The van der Waals surface area contributed by atoms with Crippen molar-refractivity contribution in [2.75, 3.05) is 7.11 Å². The summed E-state index contributed by atoms with van der Waals surface area (Å²) in [5, 5.41) is 16.2. The number of halogens is 4. The van der Waals surface area contributed by atoms with Crippen LogP contribution in [0.3, 0.4) is 0 Å². The topological polar surface area (TPSA) is 70.7 Å². The third-order valence-corrected chi connectivity index (χ3v) is 6.33. The van der Waals surface area contributed by atoms with Crippen molar-refractivity contribution in [1.82, 2.24) is 30.0 Å².